The van der Waals surface area contributed by atoms with Crippen molar-refractivity contribution in [2.75, 3.05) is 13.1 Å². The van der Waals surface area contributed by atoms with Crippen molar-refractivity contribution < 1.29 is 14.1 Å². The molecule has 1 aromatic rings. The van der Waals surface area contributed by atoms with Crippen LogP contribution in [0.25, 0.3) is 0 Å². The molecule has 1 atom stereocenters. The molecule has 2 heterocycles. The van der Waals surface area contributed by atoms with E-state index in [9.17, 15) is 9.59 Å². The Labute approximate surface area is 123 Å². The number of carbonyl (C=O) groups excluding carboxylic acids is 2. The molecular formula is C14H20N4O3. The Balaban J connectivity index is 1.63. The van der Waals surface area contributed by atoms with Crippen molar-refractivity contribution in [3.63, 3.8) is 0 Å². The summed E-state index contributed by atoms with van der Waals surface area (Å²) in [5, 5.41) is 6.61. The van der Waals surface area contributed by atoms with Crippen molar-refractivity contribution >= 4 is 11.8 Å². The zero-order valence-corrected chi connectivity index (χ0v) is 12.0. The number of aromatic nitrogens is 2. The molecule has 1 aliphatic carbocycles. The lowest BCUT2D eigenvalue weighted by Crippen LogP contribution is -2.61. The maximum Gasteiger partial charge on any atom is 0.245 e. The highest BCUT2D eigenvalue weighted by Gasteiger charge is 2.37. The molecule has 7 nitrogen and oxygen atoms in total. The molecule has 3 rings (SSSR count). The maximum atomic E-state index is 12.6. The molecule has 7 heteroatoms. The van der Waals surface area contributed by atoms with Gasteiger partial charge in [0.05, 0.1) is 6.54 Å². The predicted octanol–water partition coefficient (Wildman–Crippen LogP) is 0.519. The number of rotatable bonds is 4. The van der Waals surface area contributed by atoms with Crippen LogP contribution in [0.2, 0.25) is 0 Å². The van der Waals surface area contributed by atoms with Gasteiger partial charge in [-0.1, -0.05) is 24.4 Å². The summed E-state index contributed by atoms with van der Waals surface area (Å²) in [4.78, 5) is 30.0. The van der Waals surface area contributed by atoms with Gasteiger partial charge in [-0.3, -0.25) is 9.59 Å². The largest absolute Gasteiger partial charge is 0.343 e. The zero-order valence-electron chi connectivity index (χ0n) is 12.0. The molecule has 1 N–H and O–H groups in total. The third-order valence-electron chi connectivity index (χ3n) is 4.36. The van der Waals surface area contributed by atoms with Gasteiger partial charge in [-0.25, -0.2) is 0 Å². The van der Waals surface area contributed by atoms with Gasteiger partial charge in [-0.05, 0) is 18.8 Å². The molecule has 1 aliphatic heterocycles. The number of hydrogen-bond donors (Lipinski definition) is 1. The topological polar surface area (TPSA) is 88.3 Å². The number of nitrogens with one attached hydrogen (secondary N) is 1. The minimum absolute atomic E-state index is 0.0324. The fraction of sp³-hybridized carbons (Fsp3) is 0.714. The molecule has 114 valence electrons. The fourth-order valence-electron chi connectivity index (χ4n) is 3.24. The Morgan fingerprint density at radius 1 is 1.29 bits per heavy atom. The molecule has 1 saturated heterocycles. The van der Waals surface area contributed by atoms with Crippen molar-refractivity contribution in [3.05, 3.63) is 12.2 Å². The first-order chi connectivity index (χ1) is 10.2. The molecule has 0 bridgehead atoms. The third-order valence-corrected chi connectivity index (χ3v) is 4.36. The molecule has 2 fully saturated rings. The molecule has 1 aromatic heterocycles. The number of hydrogen-bond acceptors (Lipinski definition) is 5. The van der Waals surface area contributed by atoms with Crippen LogP contribution in [0.4, 0.5) is 0 Å². The second-order valence-electron chi connectivity index (χ2n) is 5.80. The average Bonchev–Trinajstić information content (AvgIpc) is 3.02. The molecule has 2 amide bonds. The fourth-order valence-corrected chi connectivity index (χ4v) is 3.24. The Kier molecular flexibility index (Phi) is 4.17. The monoisotopic (exact) mass is 292 g/mol. The lowest BCUT2D eigenvalue weighted by Gasteiger charge is -2.37. The smallest absolute Gasteiger partial charge is 0.245 e. The van der Waals surface area contributed by atoms with Gasteiger partial charge in [0.1, 0.15) is 6.04 Å². The standard InChI is InChI=1S/C14H20N4O3/c19-12-8-18(7-6-11-15-9-21-17-11)14(20)13(16-12)10-4-2-1-3-5-10/h9-10,13H,1-8H2,(H,16,19). The Hall–Kier alpha value is -1.92. The maximum absolute atomic E-state index is 12.6. The third kappa shape index (κ3) is 3.22. The van der Waals surface area contributed by atoms with Gasteiger partial charge in [0.25, 0.3) is 0 Å². The predicted molar refractivity (Wildman–Crippen MR) is 73.1 cm³/mol. The summed E-state index contributed by atoms with van der Waals surface area (Å²) in [6, 6.07) is -0.350. The summed E-state index contributed by atoms with van der Waals surface area (Å²) in [5.41, 5.74) is 0. The van der Waals surface area contributed by atoms with Crippen molar-refractivity contribution in [2.45, 2.75) is 44.6 Å². The average molecular weight is 292 g/mol. The van der Waals surface area contributed by atoms with E-state index in [-0.39, 0.29) is 30.3 Å². The lowest BCUT2D eigenvalue weighted by atomic mass is 9.82. The first-order valence-electron chi connectivity index (χ1n) is 7.57. The van der Waals surface area contributed by atoms with Gasteiger partial charge >= 0.3 is 0 Å². The van der Waals surface area contributed by atoms with Crippen LogP contribution in [0.1, 0.15) is 37.9 Å². The highest BCUT2D eigenvalue weighted by atomic mass is 16.5. The quantitative estimate of drug-likeness (QED) is 0.874. The molecule has 1 unspecified atom stereocenters. The summed E-state index contributed by atoms with van der Waals surface area (Å²) in [7, 11) is 0. The first-order valence-corrected chi connectivity index (χ1v) is 7.57. The highest BCUT2D eigenvalue weighted by molar-refractivity contribution is 5.95. The van der Waals surface area contributed by atoms with Crippen LogP contribution in [0.15, 0.2) is 10.9 Å². The molecular weight excluding hydrogens is 272 g/mol. The number of amides is 2. The normalized spacial score (nSPS) is 24.2. The van der Waals surface area contributed by atoms with Gasteiger partial charge in [0.2, 0.25) is 18.2 Å². The molecule has 21 heavy (non-hydrogen) atoms. The van der Waals surface area contributed by atoms with Crippen LogP contribution in [-0.2, 0) is 16.0 Å². The van der Waals surface area contributed by atoms with Crippen molar-refractivity contribution in [1.82, 2.24) is 20.4 Å². The molecule has 2 aliphatic rings. The molecule has 0 aromatic carbocycles. The van der Waals surface area contributed by atoms with Crippen LogP contribution in [0.5, 0.6) is 0 Å². The minimum atomic E-state index is -0.350. The first kappa shape index (κ1) is 14.0. The second-order valence-corrected chi connectivity index (χ2v) is 5.80. The van der Waals surface area contributed by atoms with Crippen LogP contribution in [-0.4, -0.2) is 46.0 Å². The van der Waals surface area contributed by atoms with Crippen molar-refractivity contribution in [2.24, 2.45) is 5.92 Å². The minimum Gasteiger partial charge on any atom is -0.343 e. The SMILES string of the molecule is O=C1CN(CCc2ncon2)C(=O)C(C2CCCCC2)N1. The molecule has 1 saturated carbocycles. The van der Waals surface area contributed by atoms with E-state index in [4.69, 9.17) is 0 Å². The van der Waals surface area contributed by atoms with E-state index in [0.717, 1.165) is 25.7 Å². The Bertz CT molecular complexity index is 496. The van der Waals surface area contributed by atoms with E-state index >= 15 is 0 Å². The zero-order chi connectivity index (χ0) is 14.7. The lowest BCUT2D eigenvalue weighted by molar-refractivity contribution is -0.146. The van der Waals surface area contributed by atoms with E-state index in [1.165, 1.54) is 12.8 Å². The summed E-state index contributed by atoms with van der Waals surface area (Å²) < 4.78 is 4.67. The number of piperazine rings is 1. The van der Waals surface area contributed by atoms with Gasteiger partial charge in [-0.15, -0.1) is 0 Å². The van der Waals surface area contributed by atoms with Gasteiger partial charge in [-0.2, -0.15) is 4.98 Å². The van der Waals surface area contributed by atoms with Crippen LogP contribution >= 0.6 is 0 Å². The number of nitrogens with zero attached hydrogens (tertiary/aromatic N) is 3. The van der Waals surface area contributed by atoms with E-state index < -0.39 is 0 Å². The van der Waals surface area contributed by atoms with E-state index in [2.05, 4.69) is 20.0 Å². The summed E-state index contributed by atoms with van der Waals surface area (Å²) in [6.45, 7) is 0.578. The van der Waals surface area contributed by atoms with Gasteiger partial charge in [0, 0.05) is 13.0 Å². The summed E-state index contributed by atoms with van der Waals surface area (Å²) in [5.74, 6) is 0.800. The van der Waals surface area contributed by atoms with Crippen LogP contribution < -0.4 is 5.32 Å². The summed E-state index contributed by atoms with van der Waals surface area (Å²) in [6.07, 6.45) is 7.34. The van der Waals surface area contributed by atoms with E-state index in [0.29, 0.717) is 18.8 Å². The van der Waals surface area contributed by atoms with E-state index in [1.54, 1.807) is 4.90 Å². The van der Waals surface area contributed by atoms with E-state index in [1.807, 2.05) is 0 Å². The van der Waals surface area contributed by atoms with Crippen molar-refractivity contribution in [1.29, 1.82) is 0 Å². The molecule has 0 radical (unpaired) electrons. The number of carbonyl (C=O) groups is 2. The van der Waals surface area contributed by atoms with Gasteiger partial charge in [0.15, 0.2) is 5.82 Å². The Morgan fingerprint density at radius 3 is 2.81 bits per heavy atom. The van der Waals surface area contributed by atoms with Crippen LogP contribution in [0.3, 0.4) is 0 Å². The van der Waals surface area contributed by atoms with Crippen molar-refractivity contribution in [3.8, 4) is 0 Å². The second kappa shape index (κ2) is 6.24. The Morgan fingerprint density at radius 2 is 2.10 bits per heavy atom. The highest BCUT2D eigenvalue weighted by Crippen LogP contribution is 2.28. The summed E-state index contributed by atoms with van der Waals surface area (Å²) >= 11 is 0. The molecule has 0 spiro atoms. The van der Waals surface area contributed by atoms with Gasteiger partial charge < -0.3 is 14.7 Å². The van der Waals surface area contributed by atoms with Crippen LogP contribution in [0, 0.1) is 5.92 Å².